The fourth-order valence-corrected chi connectivity index (χ4v) is 22.2. The number of hydrogen-bond acceptors (Lipinski definition) is 3. The molecule has 1 rings (SSSR count). The van der Waals surface area contributed by atoms with Crippen LogP contribution in [0.15, 0.2) is 38.0 Å². The Morgan fingerprint density at radius 3 is 1.00 bits per heavy atom. The zero-order chi connectivity index (χ0) is 18.1. The maximum absolute atomic E-state index is 6.86. The summed E-state index contributed by atoms with van der Waals surface area (Å²) in [5.41, 5.74) is 0. The zero-order valence-corrected chi connectivity index (χ0v) is 18.9. The number of allylic oxidation sites excluding steroid dienone is 3. The first-order valence-corrected chi connectivity index (χ1v) is 16.1. The first-order chi connectivity index (χ1) is 11.5. The minimum atomic E-state index is -2.32. The van der Waals surface area contributed by atoms with Crippen molar-refractivity contribution in [3.8, 4) is 0 Å². The van der Waals surface area contributed by atoms with Crippen LogP contribution in [0.1, 0.15) is 40.0 Å². The van der Waals surface area contributed by atoms with Crippen LogP contribution < -0.4 is 0 Å². The Bertz CT molecular complexity index is 358. The molecule has 1 saturated heterocycles. The minimum Gasteiger partial charge on any atom is -0.415 e. The second kappa shape index (κ2) is 10.0. The average molecular weight is 385 g/mol. The Morgan fingerprint density at radius 1 is 0.583 bits per heavy atom. The van der Waals surface area contributed by atoms with Gasteiger partial charge < -0.3 is 12.3 Å². The van der Waals surface area contributed by atoms with Crippen molar-refractivity contribution >= 4 is 25.7 Å². The molecule has 1 aliphatic rings. The van der Waals surface area contributed by atoms with Gasteiger partial charge in [-0.05, 0) is 18.1 Å². The van der Waals surface area contributed by atoms with Gasteiger partial charge in [-0.3, -0.25) is 0 Å². The van der Waals surface area contributed by atoms with Gasteiger partial charge in [0.15, 0.2) is 0 Å². The van der Waals surface area contributed by atoms with Crippen LogP contribution in [0, 0.1) is 0 Å². The monoisotopic (exact) mass is 384 g/mol. The Hall–Kier alpha value is -0.249. The van der Waals surface area contributed by atoms with E-state index in [4.69, 9.17) is 12.3 Å². The molecule has 138 valence electrons. The molecule has 1 aliphatic heterocycles. The standard InChI is InChI=1S/C18H36O3Si3/c1-7-13-22(14-8-2)19-23(15-9-3,16-10-4)21-24(20-22,17-11-5)18-12-6/h7,9,11H,1,3,5,8,10,12-18H2,2,4,6H3. The van der Waals surface area contributed by atoms with E-state index >= 15 is 0 Å². The lowest BCUT2D eigenvalue weighted by atomic mass is 10.6. The Kier molecular flexibility index (Phi) is 9.11. The molecule has 0 unspecified atom stereocenters. The topological polar surface area (TPSA) is 27.7 Å². The molecule has 0 bridgehead atoms. The van der Waals surface area contributed by atoms with E-state index in [1.807, 2.05) is 18.2 Å². The summed E-state index contributed by atoms with van der Waals surface area (Å²) in [6.45, 7) is 18.6. The van der Waals surface area contributed by atoms with Crippen molar-refractivity contribution in [3.05, 3.63) is 38.0 Å². The Labute approximate surface area is 152 Å². The largest absolute Gasteiger partial charge is 0.415 e. The van der Waals surface area contributed by atoms with E-state index in [-0.39, 0.29) is 0 Å². The summed E-state index contributed by atoms with van der Waals surface area (Å²) in [6.07, 6.45) is 9.21. The van der Waals surface area contributed by atoms with Crippen molar-refractivity contribution in [1.82, 2.24) is 0 Å². The van der Waals surface area contributed by atoms with E-state index in [2.05, 4.69) is 40.5 Å². The van der Waals surface area contributed by atoms with Crippen molar-refractivity contribution in [3.63, 3.8) is 0 Å². The van der Waals surface area contributed by atoms with Crippen molar-refractivity contribution < 1.29 is 12.3 Å². The third kappa shape index (κ3) is 5.37. The highest BCUT2D eigenvalue weighted by Crippen LogP contribution is 2.43. The zero-order valence-electron chi connectivity index (χ0n) is 15.9. The van der Waals surface area contributed by atoms with Crippen molar-refractivity contribution in [1.29, 1.82) is 0 Å². The molecule has 24 heavy (non-hydrogen) atoms. The average Bonchev–Trinajstić information content (AvgIpc) is 2.48. The molecule has 0 aromatic heterocycles. The Morgan fingerprint density at radius 2 is 0.833 bits per heavy atom. The summed E-state index contributed by atoms with van der Waals surface area (Å²) < 4.78 is 20.6. The van der Waals surface area contributed by atoms with E-state index < -0.39 is 25.7 Å². The highest BCUT2D eigenvalue weighted by atomic mass is 28.5. The summed E-state index contributed by atoms with van der Waals surface area (Å²) in [7, 11) is -6.95. The third-order valence-electron chi connectivity index (χ3n) is 4.37. The molecular weight excluding hydrogens is 348 g/mol. The lowest BCUT2D eigenvalue weighted by Crippen LogP contribution is -2.69. The molecule has 1 fully saturated rings. The summed E-state index contributed by atoms with van der Waals surface area (Å²) in [5.74, 6) is 0. The van der Waals surface area contributed by atoms with E-state index in [0.717, 1.165) is 55.5 Å². The van der Waals surface area contributed by atoms with Crippen molar-refractivity contribution in [2.75, 3.05) is 0 Å². The Balaban J connectivity index is 3.36. The highest BCUT2D eigenvalue weighted by Gasteiger charge is 2.59. The molecule has 0 aromatic rings. The van der Waals surface area contributed by atoms with Gasteiger partial charge >= 0.3 is 25.7 Å². The first kappa shape index (κ1) is 21.8. The molecule has 0 aliphatic carbocycles. The molecule has 0 N–H and O–H groups in total. The van der Waals surface area contributed by atoms with Crippen LogP contribution in [0.3, 0.4) is 0 Å². The lowest BCUT2D eigenvalue weighted by Gasteiger charge is -2.53. The SMILES string of the molecule is C=CC[Si]1(CCC)O[Si](CC=C)(CCC)O[Si](CC=C)(CCC)O1. The lowest BCUT2D eigenvalue weighted by molar-refractivity contribution is 0.212. The molecule has 0 saturated carbocycles. The predicted molar refractivity (Wildman–Crippen MR) is 111 cm³/mol. The fourth-order valence-electron chi connectivity index (χ4n) is 3.74. The molecule has 3 nitrogen and oxygen atoms in total. The molecule has 1 heterocycles. The predicted octanol–water partition coefficient (Wildman–Crippen LogP) is 6.16. The van der Waals surface area contributed by atoms with Gasteiger partial charge in [0.2, 0.25) is 0 Å². The summed E-state index contributed by atoms with van der Waals surface area (Å²) >= 11 is 0. The second-order valence-electron chi connectivity index (χ2n) is 6.77. The number of hydrogen-bond donors (Lipinski definition) is 0. The van der Waals surface area contributed by atoms with Crippen LogP contribution in [0.5, 0.6) is 0 Å². The number of rotatable bonds is 12. The molecular formula is C18H36O3Si3. The quantitative estimate of drug-likeness (QED) is 0.298. The molecule has 0 radical (unpaired) electrons. The van der Waals surface area contributed by atoms with Crippen LogP contribution in [0.4, 0.5) is 0 Å². The summed E-state index contributed by atoms with van der Waals surface area (Å²) in [6, 6.07) is 5.63. The second-order valence-corrected chi connectivity index (χ2v) is 17.4. The maximum atomic E-state index is 6.86. The molecule has 0 spiro atoms. The normalized spacial score (nSPS) is 33.1. The van der Waals surface area contributed by atoms with Crippen LogP contribution in [0.2, 0.25) is 36.3 Å². The van der Waals surface area contributed by atoms with Crippen LogP contribution in [-0.2, 0) is 12.3 Å². The molecule has 0 amide bonds. The minimum absolute atomic E-state index is 0.857. The van der Waals surface area contributed by atoms with E-state index in [1.165, 1.54) is 0 Å². The van der Waals surface area contributed by atoms with Gasteiger partial charge in [-0.2, -0.15) is 0 Å². The van der Waals surface area contributed by atoms with Gasteiger partial charge in [-0.1, -0.05) is 58.3 Å². The molecule has 0 atom stereocenters. The van der Waals surface area contributed by atoms with Gasteiger partial charge in [0.05, 0.1) is 0 Å². The van der Waals surface area contributed by atoms with Crippen molar-refractivity contribution in [2.45, 2.75) is 76.3 Å². The molecule has 0 aromatic carbocycles. The highest BCUT2D eigenvalue weighted by molar-refractivity contribution is 6.95. The summed E-state index contributed by atoms with van der Waals surface area (Å²) in [5, 5.41) is 0. The maximum Gasteiger partial charge on any atom is 0.324 e. The van der Waals surface area contributed by atoms with E-state index in [0.29, 0.717) is 0 Å². The van der Waals surface area contributed by atoms with Crippen LogP contribution in [0.25, 0.3) is 0 Å². The van der Waals surface area contributed by atoms with Crippen molar-refractivity contribution in [2.24, 2.45) is 0 Å². The van der Waals surface area contributed by atoms with E-state index in [9.17, 15) is 0 Å². The smallest absolute Gasteiger partial charge is 0.324 e. The first-order valence-electron chi connectivity index (χ1n) is 9.42. The van der Waals surface area contributed by atoms with Gasteiger partial charge in [-0.15, -0.1) is 19.7 Å². The molecule has 6 heteroatoms. The van der Waals surface area contributed by atoms with E-state index in [1.54, 1.807) is 0 Å². The van der Waals surface area contributed by atoms with Gasteiger partial charge in [-0.25, -0.2) is 0 Å². The third-order valence-corrected chi connectivity index (χ3v) is 19.8. The fraction of sp³-hybridized carbons (Fsp3) is 0.667. The van der Waals surface area contributed by atoms with Gasteiger partial charge in [0.25, 0.3) is 0 Å². The van der Waals surface area contributed by atoms with Crippen LogP contribution in [-0.4, -0.2) is 25.7 Å². The summed E-state index contributed by atoms with van der Waals surface area (Å²) in [4.78, 5) is 0. The van der Waals surface area contributed by atoms with Gasteiger partial charge in [0.1, 0.15) is 0 Å². The van der Waals surface area contributed by atoms with Gasteiger partial charge in [0, 0.05) is 18.1 Å². The van der Waals surface area contributed by atoms with Crippen LogP contribution >= 0.6 is 0 Å².